The Balaban J connectivity index is 1.39. The lowest BCUT2D eigenvalue weighted by Gasteiger charge is -2.12. The summed E-state index contributed by atoms with van der Waals surface area (Å²) < 4.78 is 35.3. The third kappa shape index (κ3) is 4.88. The smallest absolute Gasteiger partial charge is 0.251 e. The Bertz CT molecular complexity index is 998. The quantitative estimate of drug-likeness (QED) is 0.682. The van der Waals surface area contributed by atoms with Crippen LogP contribution in [-0.4, -0.2) is 48.3 Å². The number of rotatable bonds is 7. The predicted molar refractivity (Wildman–Crippen MR) is 109 cm³/mol. The molecule has 9 nitrogen and oxygen atoms in total. The summed E-state index contributed by atoms with van der Waals surface area (Å²) in [5.74, 6) is 1.33. The molecule has 0 aliphatic carbocycles. The predicted octanol–water partition coefficient (Wildman–Crippen LogP) is 1.39. The van der Waals surface area contributed by atoms with Crippen molar-refractivity contribution in [2.45, 2.75) is 62.6 Å². The van der Waals surface area contributed by atoms with Gasteiger partial charge >= 0.3 is 0 Å². The average Bonchev–Trinajstić information content (AvgIpc) is 3.35. The zero-order chi connectivity index (χ0) is 21.0. The summed E-state index contributed by atoms with van der Waals surface area (Å²) in [6.45, 7) is 2.01. The van der Waals surface area contributed by atoms with E-state index in [9.17, 15) is 13.2 Å². The summed E-state index contributed by atoms with van der Waals surface area (Å²) in [5.41, 5.74) is 0.283. The first-order valence-corrected chi connectivity index (χ1v) is 11.9. The van der Waals surface area contributed by atoms with Crippen LogP contribution in [0.1, 0.15) is 54.1 Å². The fourth-order valence-corrected chi connectivity index (χ4v) is 4.95. The number of carbonyl (C=O) groups is 1. The van der Waals surface area contributed by atoms with Gasteiger partial charge < -0.3 is 14.6 Å². The maximum atomic E-state index is 12.6. The summed E-state index contributed by atoms with van der Waals surface area (Å²) in [6.07, 6.45) is 5.94. The Labute approximate surface area is 176 Å². The number of carbonyl (C=O) groups excluding carboxylic acids is 1. The topological polar surface area (TPSA) is 115 Å². The molecule has 0 saturated carbocycles. The van der Waals surface area contributed by atoms with Gasteiger partial charge in [0.25, 0.3) is 5.91 Å². The van der Waals surface area contributed by atoms with Crippen LogP contribution in [0.4, 0.5) is 0 Å². The van der Waals surface area contributed by atoms with Crippen molar-refractivity contribution < 1.29 is 17.9 Å². The molecule has 2 aliphatic rings. The molecule has 1 saturated heterocycles. The number of hydrogen-bond donors (Lipinski definition) is 2. The first-order valence-electron chi connectivity index (χ1n) is 10.4. The minimum absolute atomic E-state index is 0.0597. The number of hydrogen-bond acceptors (Lipinski definition) is 6. The van der Waals surface area contributed by atoms with E-state index < -0.39 is 10.0 Å². The first-order chi connectivity index (χ1) is 14.5. The molecule has 2 aliphatic heterocycles. The zero-order valence-corrected chi connectivity index (χ0v) is 17.7. The molecular weight excluding hydrogens is 406 g/mol. The summed E-state index contributed by atoms with van der Waals surface area (Å²) in [6, 6.07) is 6.03. The van der Waals surface area contributed by atoms with Gasteiger partial charge in [-0.2, -0.15) is 0 Å². The molecule has 1 amide bonds. The average molecular weight is 434 g/mol. The van der Waals surface area contributed by atoms with E-state index in [4.69, 9.17) is 4.74 Å². The van der Waals surface area contributed by atoms with Gasteiger partial charge in [0.2, 0.25) is 10.0 Å². The van der Waals surface area contributed by atoms with Crippen molar-refractivity contribution in [1.29, 1.82) is 0 Å². The van der Waals surface area contributed by atoms with Crippen LogP contribution in [0.3, 0.4) is 0 Å². The minimum atomic E-state index is -3.71. The molecule has 1 fully saturated rings. The third-order valence-electron chi connectivity index (χ3n) is 5.52. The standard InChI is InChI=1S/C20H27N5O4S/c26-20(21-14-19-24-23-18-9-2-1-3-10-25(18)19)15-6-4-8-17(12-15)30(27,28)22-13-16-7-5-11-29-16/h4,6,8,12,16,22H,1-3,5,7,9-11,13-14H2,(H,21,26). The van der Waals surface area contributed by atoms with Gasteiger partial charge in [-0.25, -0.2) is 13.1 Å². The highest BCUT2D eigenvalue weighted by Gasteiger charge is 2.21. The highest BCUT2D eigenvalue weighted by Crippen LogP contribution is 2.16. The molecule has 1 unspecified atom stereocenters. The van der Waals surface area contributed by atoms with E-state index in [2.05, 4.69) is 24.8 Å². The van der Waals surface area contributed by atoms with Crippen molar-refractivity contribution in [1.82, 2.24) is 24.8 Å². The van der Waals surface area contributed by atoms with Gasteiger partial charge in [0.05, 0.1) is 17.5 Å². The molecule has 2 N–H and O–H groups in total. The Kier molecular flexibility index (Phi) is 6.45. The zero-order valence-electron chi connectivity index (χ0n) is 16.8. The molecule has 0 bridgehead atoms. The van der Waals surface area contributed by atoms with Gasteiger partial charge in [0, 0.05) is 31.7 Å². The Morgan fingerprint density at radius 2 is 2.10 bits per heavy atom. The third-order valence-corrected chi connectivity index (χ3v) is 6.95. The van der Waals surface area contributed by atoms with Crippen molar-refractivity contribution in [3.05, 3.63) is 41.5 Å². The molecule has 0 spiro atoms. The van der Waals surface area contributed by atoms with Crippen molar-refractivity contribution in [3.8, 4) is 0 Å². The minimum Gasteiger partial charge on any atom is -0.377 e. The molecule has 4 rings (SSSR count). The number of benzene rings is 1. The number of aryl methyl sites for hydroxylation is 1. The van der Waals surface area contributed by atoms with E-state index >= 15 is 0 Å². The molecule has 1 aromatic carbocycles. The molecule has 1 aromatic heterocycles. The maximum absolute atomic E-state index is 12.6. The Morgan fingerprint density at radius 3 is 2.93 bits per heavy atom. The van der Waals surface area contributed by atoms with E-state index in [-0.39, 0.29) is 35.6 Å². The van der Waals surface area contributed by atoms with Crippen LogP contribution in [0.5, 0.6) is 0 Å². The molecule has 3 heterocycles. The van der Waals surface area contributed by atoms with Crippen LogP contribution in [0.15, 0.2) is 29.2 Å². The van der Waals surface area contributed by atoms with Crippen molar-refractivity contribution >= 4 is 15.9 Å². The van der Waals surface area contributed by atoms with Crippen LogP contribution in [0.2, 0.25) is 0 Å². The highest BCUT2D eigenvalue weighted by molar-refractivity contribution is 7.89. The Hall–Kier alpha value is -2.30. The number of aromatic nitrogens is 3. The van der Waals surface area contributed by atoms with E-state index in [1.165, 1.54) is 12.1 Å². The van der Waals surface area contributed by atoms with Gasteiger partial charge in [-0.05, 0) is 43.9 Å². The second-order valence-electron chi connectivity index (χ2n) is 7.69. The van der Waals surface area contributed by atoms with Gasteiger partial charge in [0.1, 0.15) is 5.82 Å². The number of sulfonamides is 1. The maximum Gasteiger partial charge on any atom is 0.251 e. The van der Waals surface area contributed by atoms with Gasteiger partial charge in [-0.15, -0.1) is 10.2 Å². The summed E-state index contributed by atoms with van der Waals surface area (Å²) in [5, 5.41) is 11.3. The van der Waals surface area contributed by atoms with E-state index in [0.717, 1.165) is 56.7 Å². The second kappa shape index (κ2) is 9.23. The molecule has 162 valence electrons. The largest absolute Gasteiger partial charge is 0.377 e. The normalized spacial score (nSPS) is 19.3. The monoisotopic (exact) mass is 433 g/mol. The lowest BCUT2D eigenvalue weighted by Crippen LogP contribution is -2.32. The molecule has 0 radical (unpaired) electrons. The molecule has 10 heteroatoms. The molecule has 1 atom stereocenters. The molecule has 30 heavy (non-hydrogen) atoms. The number of amides is 1. The lowest BCUT2D eigenvalue weighted by atomic mass is 10.2. The SMILES string of the molecule is O=C(NCc1nnc2n1CCCCC2)c1cccc(S(=O)(=O)NCC2CCCO2)c1. The first kappa shape index (κ1) is 21.0. The number of nitrogens with one attached hydrogen (secondary N) is 2. The molecular formula is C20H27N5O4S. The van der Waals surface area contributed by atoms with Crippen molar-refractivity contribution in [2.24, 2.45) is 0 Å². The van der Waals surface area contributed by atoms with E-state index in [0.29, 0.717) is 6.61 Å². The number of fused-ring (bicyclic) bond motifs is 1. The van der Waals surface area contributed by atoms with Crippen LogP contribution in [0, 0.1) is 0 Å². The van der Waals surface area contributed by atoms with Gasteiger partial charge in [-0.3, -0.25) is 4.79 Å². The van der Waals surface area contributed by atoms with Gasteiger partial charge in [-0.1, -0.05) is 12.5 Å². The summed E-state index contributed by atoms with van der Waals surface area (Å²) >= 11 is 0. The number of nitrogens with zero attached hydrogens (tertiary/aromatic N) is 3. The van der Waals surface area contributed by atoms with Crippen LogP contribution in [0.25, 0.3) is 0 Å². The van der Waals surface area contributed by atoms with Crippen molar-refractivity contribution in [2.75, 3.05) is 13.2 Å². The Morgan fingerprint density at radius 1 is 1.20 bits per heavy atom. The van der Waals surface area contributed by atoms with Gasteiger partial charge in [0.15, 0.2) is 5.82 Å². The fraction of sp³-hybridized carbons (Fsp3) is 0.550. The summed E-state index contributed by atoms with van der Waals surface area (Å²) in [4.78, 5) is 12.7. The molecule has 2 aromatic rings. The van der Waals surface area contributed by atoms with Crippen molar-refractivity contribution in [3.63, 3.8) is 0 Å². The summed E-state index contributed by atoms with van der Waals surface area (Å²) in [7, 11) is -3.71. The van der Waals surface area contributed by atoms with Crippen LogP contribution in [-0.2, 0) is 34.3 Å². The lowest BCUT2D eigenvalue weighted by molar-refractivity contribution is 0.0949. The van der Waals surface area contributed by atoms with E-state index in [1.807, 2.05) is 0 Å². The highest BCUT2D eigenvalue weighted by atomic mass is 32.2. The second-order valence-corrected chi connectivity index (χ2v) is 9.46. The van der Waals surface area contributed by atoms with Crippen LogP contribution >= 0.6 is 0 Å². The van der Waals surface area contributed by atoms with Crippen LogP contribution < -0.4 is 10.0 Å². The fourth-order valence-electron chi connectivity index (χ4n) is 3.83. The van der Waals surface area contributed by atoms with E-state index in [1.54, 1.807) is 12.1 Å². The number of ether oxygens (including phenoxy) is 1.